The van der Waals surface area contributed by atoms with Crippen LogP contribution in [0.1, 0.15) is 20.3 Å². The van der Waals surface area contributed by atoms with Crippen LogP contribution in [0.4, 0.5) is 10.2 Å². The highest BCUT2D eigenvalue weighted by Gasteiger charge is 2.23. The second-order valence-electron chi connectivity index (χ2n) is 6.92. The van der Waals surface area contributed by atoms with Gasteiger partial charge in [-0.05, 0) is 30.9 Å². The number of hydrogen-bond donors (Lipinski definition) is 1. The van der Waals surface area contributed by atoms with Crippen molar-refractivity contribution in [3.63, 3.8) is 0 Å². The van der Waals surface area contributed by atoms with Gasteiger partial charge in [0.05, 0.1) is 12.6 Å². The fourth-order valence-corrected chi connectivity index (χ4v) is 3.36. The Hall–Kier alpha value is -1.95. The van der Waals surface area contributed by atoms with E-state index in [1.807, 2.05) is 0 Å². The first-order valence-electron chi connectivity index (χ1n) is 8.51. The molecule has 2 aromatic rings. The van der Waals surface area contributed by atoms with Crippen molar-refractivity contribution in [1.29, 1.82) is 0 Å². The second-order valence-corrected chi connectivity index (χ2v) is 6.92. The Labute approximate surface area is 142 Å². The number of halogens is 1. The van der Waals surface area contributed by atoms with E-state index in [2.05, 4.69) is 34.0 Å². The Bertz CT molecular complexity index is 707. The lowest BCUT2D eigenvalue weighted by atomic mass is 10.1. The monoisotopic (exact) mass is 332 g/mol. The quantitative estimate of drug-likeness (QED) is 0.880. The minimum Gasteiger partial charge on any atom is -0.494 e. The van der Waals surface area contributed by atoms with E-state index in [0.29, 0.717) is 17.4 Å². The van der Waals surface area contributed by atoms with Crippen molar-refractivity contribution in [3.8, 4) is 5.75 Å². The number of likely N-dealkylation sites (tertiary alicyclic amines) is 1. The van der Waals surface area contributed by atoms with E-state index in [-0.39, 0.29) is 5.75 Å². The molecule has 130 valence electrons. The predicted octanol–water partition coefficient (Wildman–Crippen LogP) is 3.17. The van der Waals surface area contributed by atoms with Crippen LogP contribution in [0.15, 0.2) is 18.5 Å². The number of hydrogen-bond acceptors (Lipinski definition) is 5. The summed E-state index contributed by atoms with van der Waals surface area (Å²) in [6.07, 6.45) is 2.66. The van der Waals surface area contributed by atoms with Gasteiger partial charge in [0.25, 0.3) is 0 Å². The summed E-state index contributed by atoms with van der Waals surface area (Å²) in [6, 6.07) is 3.05. The van der Waals surface area contributed by atoms with Crippen molar-refractivity contribution in [1.82, 2.24) is 14.9 Å². The first-order chi connectivity index (χ1) is 11.6. The van der Waals surface area contributed by atoms with Crippen molar-refractivity contribution in [3.05, 3.63) is 24.3 Å². The van der Waals surface area contributed by atoms with Crippen LogP contribution in [-0.2, 0) is 0 Å². The number of nitrogens with zero attached hydrogens (tertiary/aromatic N) is 3. The summed E-state index contributed by atoms with van der Waals surface area (Å²) in [5.74, 6) is 1.85. The highest BCUT2D eigenvalue weighted by atomic mass is 19.1. The number of nitrogens with one attached hydrogen (secondary N) is 1. The largest absolute Gasteiger partial charge is 0.494 e. The molecule has 1 aliphatic heterocycles. The van der Waals surface area contributed by atoms with Gasteiger partial charge in [0.2, 0.25) is 0 Å². The molecular formula is C18H25FN4O. The maximum Gasteiger partial charge on any atom is 0.167 e. The standard InChI is InChI=1S/C18H25FN4O/c1-12(2)9-23-5-4-13(10-23)8-20-18-14-6-17(24-3)15(19)7-16(14)21-11-22-18/h6-7,11-13H,4-5,8-10H2,1-3H3,(H,20,21,22). The van der Waals surface area contributed by atoms with E-state index < -0.39 is 5.82 Å². The van der Waals surface area contributed by atoms with Gasteiger partial charge < -0.3 is 15.0 Å². The Morgan fingerprint density at radius 1 is 1.38 bits per heavy atom. The summed E-state index contributed by atoms with van der Waals surface area (Å²) in [4.78, 5) is 11.0. The molecule has 3 rings (SSSR count). The Balaban J connectivity index is 1.69. The van der Waals surface area contributed by atoms with Crippen LogP contribution in [0.2, 0.25) is 0 Å². The molecule has 0 spiro atoms. The minimum absolute atomic E-state index is 0.212. The molecule has 24 heavy (non-hydrogen) atoms. The second kappa shape index (κ2) is 7.30. The minimum atomic E-state index is -0.408. The van der Waals surface area contributed by atoms with Gasteiger partial charge in [-0.3, -0.25) is 0 Å². The third kappa shape index (κ3) is 3.75. The lowest BCUT2D eigenvalue weighted by molar-refractivity contribution is 0.289. The third-order valence-electron chi connectivity index (χ3n) is 4.46. The molecular weight excluding hydrogens is 307 g/mol. The Morgan fingerprint density at radius 2 is 2.21 bits per heavy atom. The van der Waals surface area contributed by atoms with E-state index in [9.17, 15) is 4.39 Å². The van der Waals surface area contributed by atoms with Gasteiger partial charge in [-0.25, -0.2) is 14.4 Å². The van der Waals surface area contributed by atoms with Crippen molar-refractivity contribution in [2.45, 2.75) is 20.3 Å². The molecule has 0 bridgehead atoms. The molecule has 1 atom stereocenters. The Morgan fingerprint density at radius 3 is 2.96 bits per heavy atom. The average molecular weight is 332 g/mol. The van der Waals surface area contributed by atoms with Gasteiger partial charge >= 0.3 is 0 Å². The summed E-state index contributed by atoms with van der Waals surface area (Å²) >= 11 is 0. The lowest BCUT2D eigenvalue weighted by Gasteiger charge is -2.18. The fourth-order valence-electron chi connectivity index (χ4n) is 3.36. The maximum absolute atomic E-state index is 13.8. The molecule has 1 N–H and O–H groups in total. The summed E-state index contributed by atoms with van der Waals surface area (Å²) in [5.41, 5.74) is 0.582. The van der Waals surface area contributed by atoms with Crippen molar-refractivity contribution in [2.24, 2.45) is 11.8 Å². The van der Waals surface area contributed by atoms with Crippen molar-refractivity contribution < 1.29 is 9.13 Å². The Kier molecular flexibility index (Phi) is 5.14. The molecule has 1 aromatic carbocycles. The molecule has 6 heteroatoms. The number of ether oxygens (including phenoxy) is 1. The number of rotatable bonds is 6. The van der Waals surface area contributed by atoms with Gasteiger partial charge in [0.1, 0.15) is 12.1 Å². The number of aromatic nitrogens is 2. The van der Waals surface area contributed by atoms with E-state index in [1.54, 1.807) is 6.07 Å². The average Bonchev–Trinajstić information content (AvgIpc) is 2.98. The highest BCUT2D eigenvalue weighted by molar-refractivity contribution is 5.90. The van der Waals surface area contributed by atoms with E-state index in [4.69, 9.17) is 4.74 Å². The van der Waals surface area contributed by atoms with Crippen LogP contribution in [0.5, 0.6) is 5.75 Å². The summed E-state index contributed by atoms with van der Waals surface area (Å²) in [5, 5.41) is 4.20. The first kappa shape index (κ1) is 16.9. The number of benzene rings is 1. The van der Waals surface area contributed by atoms with Crippen LogP contribution in [-0.4, -0.2) is 48.2 Å². The van der Waals surface area contributed by atoms with E-state index in [1.165, 1.54) is 25.9 Å². The molecule has 5 nitrogen and oxygen atoms in total. The molecule has 0 saturated carbocycles. The zero-order valence-corrected chi connectivity index (χ0v) is 14.6. The number of anilines is 1. The summed E-state index contributed by atoms with van der Waals surface area (Å²) in [7, 11) is 1.46. The normalized spacial score (nSPS) is 18.5. The third-order valence-corrected chi connectivity index (χ3v) is 4.46. The SMILES string of the molecule is COc1cc2c(NCC3CCN(CC(C)C)C3)ncnc2cc1F. The van der Waals surface area contributed by atoms with Gasteiger partial charge in [0, 0.05) is 31.1 Å². The molecule has 1 fully saturated rings. The van der Waals surface area contributed by atoms with Crippen LogP contribution in [0.3, 0.4) is 0 Å². The van der Waals surface area contributed by atoms with E-state index >= 15 is 0 Å². The fraction of sp³-hybridized carbons (Fsp3) is 0.556. The van der Waals surface area contributed by atoms with Gasteiger partial charge in [0.15, 0.2) is 11.6 Å². The van der Waals surface area contributed by atoms with E-state index in [0.717, 1.165) is 37.4 Å². The molecule has 1 aliphatic rings. The number of methoxy groups -OCH3 is 1. The van der Waals surface area contributed by atoms with Gasteiger partial charge in [-0.1, -0.05) is 13.8 Å². The smallest absolute Gasteiger partial charge is 0.167 e. The summed E-state index contributed by atoms with van der Waals surface area (Å²) in [6.45, 7) is 8.81. The molecule has 1 unspecified atom stereocenters. The van der Waals surface area contributed by atoms with Crippen LogP contribution in [0.25, 0.3) is 10.9 Å². The van der Waals surface area contributed by atoms with Crippen LogP contribution >= 0.6 is 0 Å². The lowest BCUT2D eigenvalue weighted by Crippen LogP contribution is -2.26. The first-order valence-corrected chi connectivity index (χ1v) is 8.51. The molecule has 1 saturated heterocycles. The molecule has 2 heterocycles. The molecule has 0 aliphatic carbocycles. The van der Waals surface area contributed by atoms with Crippen molar-refractivity contribution in [2.75, 3.05) is 38.6 Å². The maximum atomic E-state index is 13.8. The molecule has 1 aromatic heterocycles. The zero-order valence-electron chi connectivity index (χ0n) is 14.6. The van der Waals surface area contributed by atoms with Crippen LogP contribution < -0.4 is 10.1 Å². The van der Waals surface area contributed by atoms with Gasteiger partial charge in [-0.15, -0.1) is 0 Å². The predicted molar refractivity (Wildman–Crippen MR) is 93.9 cm³/mol. The number of fused-ring (bicyclic) bond motifs is 1. The molecule has 0 radical (unpaired) electrons. The molecule has 0 amide bonds. The van der Waals surface area contributed by atoms with Crippen LogP contribution in [0, 0.1) is 17.7 Å². The van der Waals surface area contributed by atoms with Crippen molar-refractivity contribution >= 4 is 16.7 Å². The zero-order chi connectivity index (χ0) is 17.1. The highest BCUT2D eigenvalue weighted by Crippen LogP contribution is 2.27. The summed E-state index contributed by atoms with van der Waals surface area (Å²) < 4.78 is 18.9. The topological polar surface area (TPSA) is 50.3 Å². The van der Waals surface area contributed by atoms with Gasteiger partial charge in [-0.2, -0.15) is 0 Å².